The number of amides is 1. The first-order chi connectivity index (χ1) is 14.3. The van der Waals surface area contributed by atoms with Crippen LogP contribution in [0.1, 0.15) is 22.2 Å². The van der Waals surface area contributed by atoms with Crippen molar-refractivity contribution >= 4 is 22.8 Å². The summed E-state index contributed by atoms with van der Waals surface area (Å²) >= 11 is 0. The van der Waals surface area contributed by atoms with Gasteiger partial charge in [0.1, 0.15) is 6.10 Å². The normalized spacial score (nSPS) is 16.7. The topological polar surface area (TPSA) is 89.5 Å². The molecular formula is C21H23N5O3. The number of hydrogen-bond acceptors (Lipinski definition) is 7. The minimum Gasteiger partial charge on any atom is -0.383 e. The molecule has 0 saturated carbocycles. The monoisotopic (exact) mass is 393 g/mol. The quantitative estimate of drug-likeness (QED) is 0.641. The molecule has 8 nitrogen and oxygen atoms in total. The molecule has 3 aromatic rings. The minimum absolute atomic E-state index is 0.152. The second kappa shape index (κ2) is 8.93. The Kier molecular flexibility index (Phi) is 5.92. The number of carbonyl (C=O) groups is 1. The number of fused-ring (bicyclic) bond motifs is 1. The van der Waals surface area contributed by atoms with Crippen LogP contribution >= 0.6 is 0 Å². The molecule has 0 radical (unpaired) electrons. The molecule has 1 atom stereocenters. The number of hydrogen-bond donors (Lipinski definition) is 1. The predicted molar refractivity (Wildman–Crippen MR) is 109 cm³/mol. The van der Waals surface area contributed by atoms with E-state index in [0.717, 1.165) is 16.6 Å². The van der Waals surface area contributed by atoms with E-state index in [1.165, 1.54) is 0 Å². The summed E-state index contributed by atoms with van der Waals surface area (Å²) in [5.41, 5.74) is 2.07. The van der Waals surface area contributed by atoms with Crippen LogP contribution < -0.4 is 10.2 Å². The van der Waals surface area contributed by atoms with Crippen LogP contribution in [0, 0.1) is 0 Å². The number of rotatable bonds is 6. The number of morpholine rings is 1. The highest BCUT2D eigenvalue weighted by Gasteiger charge is 2.26. The number of nitrogens with zero attached hydrogens (tertiary/aromatic N) is 4. The molecule has 1 aromatic carbocycles. The van der Waals surface area contributed by atoms with E-state index in [1.807, 2.05) is 30.3 Å². The number of pyridine rings is 1. The summed E-state index contributed by atoms with van der Waals surface area (Å²) < 4.78 is 11.0. The average molecular weight is 393 g/mol. The summed E-state index contributed by atoms with van der Waals surface area (Å²) in [7, 11) is 1.61. The Morgan fingerprint density at radius 3 is 2.93 bits per heavy atom. The number of ether oxygens (including phenoxy) is 2. The van der Waals surface area contributed by atoms with Gasteiger partial charge in [-0.05, 0) is 18.2 Å². The first-order valence-corrected chi connectivity index (χ1v) is 9.56. The lowest BCUT2D eigenvalue weighted by molar-refractivity contribution is 0.0366. The third-order valence-corrected chi connectivity index (χ3v) is 4.80. The van der Waals surface area contributed by atoms with Crippen LogP contribution in [0.4, 0.5) is 5.95 Å². The lowest BCUT2D eigenvalue weighted by atomic mass is 10.0. The molecule has 1 N–H and O–H groups in total. The summed E-state index contributed by atoms with van der Waals surface area (Å²) in [4.78, 5) is 28.3. The van der Waals surface area contributed by atoms with Crippen LogP contribution in [0.2, 0.25) is 0 Å². The Morgan fingerprint density at radius 1 is 1.28 bits per heavy atom. The van der Waals surface area contributed by atoms with E-state index < -0.39 is 0 Å². The number of nitrogens with one attached hydrogen (secondary N) is 1. The van der Waals surface area contributed by atoms with Gasteiger partial charge in [-0.25, -0.2) is 15.0 Å². The number of para-hydroxylation sites is 1. The Hall–Kier alpha value is -3.10. The highest BCUT2D eigenvalue weighted by atomic mass is 16.5. The van der Waals surface area contributed by atoms with Crippen molar-refractivity contribution in [1.29, 1.82) is 0 Å². The van der Waals surface area contributed by atoms with E-state index in [-0.39, 0.29) is 12.0 Å². The highest BCUT2D eigenvalue weighted by molar-refractivity contribution is 6.06. The number of aromatic nitrogens is 3. The average Bonchev–Trinajstić information content (AvgIpc) is 2.79. The van der Waals surface area contributed by atoms with E-state index in [9.17, 15) is 4.79 Å². The van der Waals surface area contributed by atoms with E-state index in [0.29, 0.717) is 44.4 Å². The van der Waals surface area contributed by atoms with Crippen LogP contribution in [-0.2, 0) is 9.47 Å². The third kappa shape index (κ3) is 4.33. The maximum atomic E-state index is 12.8. The SMILES string of the molecule is COCCNC(=O)c1cc(C2CN(c3ncccn3)CCO2)nc2ccccc12. The van der Waals surface area contributed by atoms with Crippen LogP contribution in [0.3, 0.4) is 0 Å². The van der Waals surface area contributed by atoms with Crippen molar-refractivity contribution in [3.63, 3.8) is 0 Å². The molecule has 29 heavy (non-hydrogen) atoms. The molecule has 8 heteroatoms. The standard InChI is InChI=1S/C21H23N5O3/c1-28-11-9-22-20(27)16-13-18(25-17-6-3-2-5-15(16)17)19-14-26(10-12-29-19)21-23-7-4-8-24-21/h2-8,13,19H,9-12,14H2,1H3,(H,22,27). The van der Waals surface area contributed by atoms with Gasteiger partial charge in [0, 0.05) is 38.0 Å². The van der Waals surface area contributed by atoms with Crippen molar-refractivity contribution in [2.75, 3.05) is 44.9 Å². The van der Waals surface area contributed by atoms with Gasteiger partial charge in [0.25, 0.3) is 5.91 Å². The van der Waals surface area contributed by atoms with Gasteiger partial charge in [-0.15, -0.1) is 0 Å². The Morgan fingerprint density at radius 2 is 2.10 bits per heavy atom. The lowest BCUT2D eigenvalue weighted by Crippen LogP contribution is -2.39. The molecule has 4 rings (SSSR count). The summed E-state index contributed by atoms with van der Waals surface area (Å²) in [5, 5.41) is 3.70. The predicted octanol–water partition coefficient (Wildman–Crippen LogP) is 1.98. The fraction of sp³-hybridized carbons (Fsp3) is 0.333. The summed E-state index contributed by atoms with van der Waals surface area (Å²) in [6, 6.07) is 11.2. The van der Waals surface area contributed by atoms with Gasteiger partial charge >= 0.3 is 0 Å². The molecular weight excluding hydrogens is 370 g/mol. The van der Waals surface area contributed by atoms with Crippen LogP contribution in [0.5, 0.6) is 0 Å². The van der Waals surface area contributed by atoms with Crippen molar-refractivity contribution < 1.29 is 14.3 Å². The van der Waals surface area contributed by atoms with Gasteiger partial charge in [0.2, 0.25) is 5.95 Å². The molecule has 1 unspecified atom stereocenters. The molecule has 1 aliphatic heterocycles. The third-order valence-electron chi connectivity index (χ3n) is 4.80. The van der Waals surface area contributed by atoms with Gasteiger partial charge in [0.15, 0.2) is 0 Å². The molecule has 1 aliphatic rings. The van der Waals surface area contributed by atoms with Gasteiger partial charge < -0.3 is 19.7 Å². The van der Waals surface area contributed by atoms with E-state index in [1.54, 1.807) is 25.6 Å². The summed E-state index contributed by atoms with van der Waals surface area (Å²) in [5.74, 6) is 0.514. The molecule has 1 saturated heterocycles. The van der Waals surface area contributed by atoms with Crippen molar-refractivity contribution in [1.82, 2.24) is 20.3 Å². The first kappa shape index (κ1) is 19.2. The Labute approximate surface area is 168 Å². The van der Waals surface area contributed by atoms with Gasteiger partial charge in [-0.1, -0.05) is 18.2 Å². The fourth-order valence-corrected chi connectivity index (χ4v) is 3.37. The maximum Gasteiger partial charge on any atom is 0.252 e. The molecule has 0 spiro atoms. The van der Waals surface area contributed by atoms with E-state index in [4.69, 9.17) is 14.5 Å². The fourth-order valence-electron chi connectivity index (χ4n) is 3.37. The number of benzene rings is 1. The summed E-state index contributed by atoms with van der Waals surface area (Å²) in [6.07, 6.45) is 3.18. The van der Waals surface area contributed by atoms with Gasteiger partial charge in [-0.3, -0.25) is 4.79 Å². The number of methoxy groups -OCH3 is 1. The van der Waals surface area contributed by atoms with Gasteiger partial charge in [-0.2, -0.15) is 0 Å². The zero-order chi connectivity index (χ0) is 20.1. The molecule has 3 heterocycles. The van der Waals surface area contributed by atoms with Gasteiger partial charge in [0.05, 0.1) is 36.5 Å². The second-order valence-electron chi connectivity index (χ2n) is 6.71. The van der Waals surface area contributed by atoms with Crippen LogP contribution in [-0.4, -0.2) is 60.8 Å². The molecule has 0 aliphatic carbocycles. The molecule has 2 aromatic heterocycles. The van der Waals surface area contributed by atoms with E-state index >= 15 is 0 Å². The highest BCUT2D eigenvalue weighted by Crippen LogP contribution is 2.27. The van der Waals surface area contributed by atoms with Crippen LogP contribution in [0.25, 0.3) is 10.9 Å². The van der Waals surface area contributed by atoms with Crippen molar-refractivity contribution in [2.24, 2.45) is 0 Å². The zero-order valence-corrected chi connectivity index (χ0v) is 16.2. The number of carbonyl (C=O) groups excluding carboxylic acids is 1. The Bertz CT molecular complexity index is 982. The molecule has 0 bridgehead atoms. The molecule has 1 amide bonds. The second-order valence-corrected chi connectivity index (χ2v) is 6.71. The Balaban J connectivity index is 1.64. The smallest absolute Gasteiger partial charge is 0.252 e. The molecule has 150 valence electrons. The minimum atomic E-state index is -0.275. The molecule has 1 fully saturated rings. The maximum absolute atomic E-state index is 12.8. The zero-order valence-electron chi connectivity index (χ0n) is 16.2. The first-order valence-electron chi connectivity index (χ1n) is 9.56. The van der Waals surface area contributed by atoms with Crippen molar-refractivity contribution in [3.8, 4) is 0 Å². The largest absolute Gasteiger partial charge is 0.383 e. The van der Waals surface area contributed by atoms with Crippen molar-refractivity contribution in [3.05, 3.63) is 60.0 Å². The number of anilines is 1. The van der Waals surface area contributed by atoms with E-state index in [2.05, 4.69) is 20.2 Å². The summed E-state index contributed by atoms with van der Waals surface area (Å²) in [6.45, 7) is 2.71. The van der Waals surface area contributed by atoms with Crippen LogP contribution in [0.15, 0.2) is 48.8 Å². The lowest BCUT2D eigenvalue weighted by Gasteiger charge is -2.32. The van der Waals surface area contributed by atoms with Crippen molar-refractivity contribution in [2.45, 2.75) is 6.10 Å².